The summed E-state index contributed by atoms with van der Waals surface area (Å²) >= 11 is 4.91. The van der Waals surface area contributed by atoms with E-state index < -0.39 is 0 Å². The van der Waals surface area contributed by atoms with Gasteiger partial charge in [-0.2, -0.15) is 0 Å². The Labute approximate surface area is 100 Å². The number of ether oxygens (including phenoxy) is 1. The fourth-order valence-electron chi connectivity index (χ4n) is 1.54. The summed E-state index contributed by atoms with van der Waals surface area (Å²) in [5.74, 6) is -0.0222. The highest BCUT2D eigenvalue weighted by atomic mass is 79.9. The van der Waals surface area contributed by atoms with E-state index in [1.165, 1.54) is 11.3 Å². The molecule has 2 rings (SSSR count). The zero-order valence-corrected chi connectivity index (χ0v) is 10.4. The molecule has 1 saturated heterocycles. The molecule has 1 fully saturated rings. The van der Waals surface area contributed by atoms with E-state index >= 15 is 0 Å². The molecular weight excluding hydrogens is 280 g/mol. The Bertz CT molecular complexity index is 369. The lowest BCUT2D eigenvalue weighted by Gasteiger charge is -2.33. The van der Waals surface area contributed by atoms with Crippen molar-refractivity contribution in [1.82, 2.24) is 0 Å². The number of nitrogens with zero attached hydrogens (tertiary/aromatic N) is 1. The molecule has 1 aliphatic heterocycles. The first-order chi connectivity index (χ1) is 7.22. The second-order valence-electron chi connectivity index (χ2n) is 3.25. The van der Waals surface area contributed by atoms with Gasteiger partial charge in [-0.15, -0.1) is 11.3 Å². The lowest BCUT2D eigenvalue weighted by atomic mass is 10.2. The average molecular weight is 291 g/mol. The second kappa shape index (κ2) is 4.61. The highest BCUT2D eigenvalue weighted by Gasteiger charge is 2.29. The smallest absolute Gasteiger partial charge is 0.253 e. The van der Waals surface area contributed by atoms with Crippen LogP contribution < -0.4 is 10.6 Å². The predicted octanol–water partition coefficient (Wildman–Crippen LogP) is 1.20. The maximum absolute atomic E-state index is 11.7. The molecule has 1 amide bonds. The van der Waals surface area contributed by atoms with Gasteiger partial charge in [-0.05, 0) is 28.1 Å². The van der Waals surface area contributed by atoms with Crippen LogP contribution in [0.25, 0.3) is 0 Å². The van der Waals surface area contributed by atoms with Crippen molar-refractivity contribution in [3.8, 4) is 0 Å². The molecular formula is C9H11BrN2O2S. The molecule has 6 heteroatoms. The van der Waals surface area contributed by atoms with Crippen molar-refractivity contribution in [2.75, 3.05) is 24.7 Å². The molecule has 1 unspecified atom stereocenters. The Hall–Kier alpha value is -0.430. The third kappa shape index (κ3) is 2.23. The zero-order valence-electron chi connectivity index (χ0n) is 7.98. The van der Waals surface area contributed by atoms with Gasteiger partial charge >= 0.3 is 0 Å². The first-order valence-electron chi connectivity index (χ1n) is 4.57. The van der Waals surface area contributed by atoms with Crippen molar-refractivity contribution in [2.24, 2.45) is 5.73 Å². The number of anilines is 1. The van der Waals surface area contributed by atoms with Crippen LogP contribution in [0.15, 0.2) is 15.9 Å². The van der Waals surface area contributed by atoms with E-state index in [0.29, 0.717) is 13.2 Å². The van der Waals surface area contributed by atoms with Crippen LogP contribution >= 0.6 is 27.3 Å². The molecule has 1 aromatic heterocycles. The molecule has 82 valence electrons. The van der Waals surface area contributed by atoms with Gasteiger partial charge in [-0.3, -0.25) is 9.69 Å². The summed E-state index contributed by atoms with van der Waals surface area (Å²) in [6, 6.07) is 3.80. The fourth-order valence-corrected chi connectivity index (χ4v) is 2.99. The summed E-state index contributed by atoms with van der Waals surface area (Å²) in [4.78, 5) is 13.4. The minimum atomic E-state index is -0.0446. The molecule has 1 aliphatic rings. The molecule has 0 saturated carbocycles. The Morgan fingerprint density at radius 3 is 3.07 bits per heavy atom. The third-order valence-electron chi connectivity index (χ3n) is 2.24. The number of carbonyl (C=O) groups is 1. The number of thiophene rings is 1. The van der Waals surface area contributed by atoms with Crippen LogP contribution in [-0.4, -0.2) is 31.7 Å². The number of amides is 1. The molecule has 1 atom stereocenters. The molecule has 4 nitrogen and oxygen atoms in total. The highest BCUT2D eigenvalue weighted by molar-refractivity contribution is 9.11. The number of rotatable bonds is 2. The minimum Gasteiger partial charge on any atom is -0.369 e. The van der Waals surface area contributed by atoms with Crippen LogP contribution in [0.1, 0.15) is 0 Å². The summed E-state index contributed by atoms with van der Waals surface area (Å²) in [7, 11) is 0. The van der Waals surface area contributed by atoms with Crippen LogP contribution in [0.2, 0.25) is 0 Å². The normalized spacial score (nSPS) is 22.1. The first-order valence-corrected chi connectivity index (χ1v) is 6.18. The number of morpholine rings is 1. The average Bonchev–Trinajstić information content (AvgIpc) is 2.64. The van der Waals surface area contributed by atoms with Gasteiger partial charge in [-0.1, -0.05) is 0 Å². The summed E-state index contributed by atoms with van der Waals surface area (Å²) in [5, 5.41) is 0.922. The lowest BCUT2D eigenvalue weighted by molar-refractivity contribution is -0.127. The largest absolute Gasteiger partial charge is 0.369 e. The molecule has 0 aromatic carbocycles. The lowest BCUT2D eigenvalue weighted by Crippen LogP contribution is -2.52. The van der Waals surface area contributed by atoms with E-state index in [-0.39, 0.29) is 18.6 Å². The van der Waals surface area contributed by atoms with Gasteiger partial charge in [0.05, 0.1) is 21.4 Å². The summed E-state index contributed by atoms with van der Waals surface area (Å²) in [6.45, 7) is 1.07. The van der Waals surface area contributed by atoms with Crippen molar-refractivity contribution >= 4 is 38.2 Å². The van der Waals surface area contributed by atoms with Gasteiger partial charge in [0, 0.05) is 6.54 Å². The van der Waals surface area contributed by atoms with E-state index in [2.05, 4.69) is 15.9 Å². The van der Waals surface area contributed by atoms with Gasteiger partial charge in [0.2, 0.25) is 0 Å². The SMILES string of the molecule is NCC1COCC(=O)N1c1ccc(Br)s1. The quantitative estimate of drug-likeness (QED) is 0.891. The van der Waals surface area contributed by atoms with Crippen LogP contribution in [0.4, 0.5) is 5.00 Å². The van der Waals surface area contributed by atoms with Crippen molar-refractivity contribution < 1.29 is 9.53 Å². The van der Waals surface area contributed by atoms with Crippen LogP contribution in [0.5, 0.6) is 0 Å². The fraction of sp³-hybridized carbons (Fsp3) is 0.444. The van der Waals surface area contributed by atoms with E-state index in [1.807, 2.05) is 12.1 Å². The topological polar surface area (TPSA) is 55.6 Å². The van der Waals surface area contributed by atoms with Crippen molar-refractivity contribution in [2.45, 2.75) is 6.04 Å². The summed E-state index contributed by atoms with van der Waals surface area (Å²) < 4.78 is 6.17. The predicted molar refractivity (Wildman–Crippen MR) is 63.2 cm³/mol. The van der Waals surface area contributed by atoms with E-state index in [0.717, 1.165) is 8.79 Å². The van der Waals surface area contributed by atoms with Gasteiger partial charge in [0.1, 0.15) is 6.61 Å². The Morgan fingerprint density at radius 2 is 2.47 bits per heavy atom. The van der Waals surface area contributed by atoms with Crippen LogP contribution in [0, 0.1) is 0 Å². The number of carbonyl (C=O) groups excluding carboxylic acids is 1. The zero-order chi connectivity index (χ0) is 10.8. The molecule has 0 aliphatic carbocycles. The molecule has 0 bridgehead atoms. The molecule has 2 heterocycles. The Kier molecular flexibility index (Phi) is 3.40. The van der Waals surface area contributed by atoms with Gasteiger partial charge in [0.15, 0.2) is 0 Å². The van der Waals surface area contributed by atoms with Gasteiger partial charge in [-0.25, -0.2) is 0 Å². The standard InChI is InChI=1S/C9H11BrN2O2S/c10-7-1-2-9(15-7)12-6(3-11)4-14-5-8(12)13/h1-2,6H,3-5,11H2. The van der Waals surface area contributed by atoms with E-state index in [1.54, 1.807) is 4.90 Å². The number of hydrogen-bond acceptors (Lipinski definition) is 4. The maximum Gasteiger partial charge on any atom is 0.253 e. The van der Waals surface area contributed by atoms with Crippen molar-refractivity contribution in [1.29, 1.82) is 0 Å². The molecule has 1 aromatic rings. The summed E-state index contributed by atoms with van der Waals surface area (Å²) in [5.41, 5.74) is 5.62. The molecule has 0 radical (unpaired) electrons. The Balaban J connectivity index is 2.26. The number of nitrogens with two attached hydrogens (primary N) is 1. The van der Waals surface area contributed by atoms with Crippen LogP contribution in [-0.2, 0) is 9.53 Å². The maximum atomic E-state index is 11.7. The van der Waals surface area contributed by atoms with Gasteiger partial charge < -0.3 is 10.5 Å². The molecule has 15 heavy (non-hydrogen) atoms. The van der Waals surface area contributed by atoms with E-state index in [9.17, 15) is 4.79 Å². The highest BCUT2D eigenvalue weighted by Crippen LogP contribution is 2.32. The van der Waals surface area contributed by atoms with Crippen molar-refractivity contribution in [3.63, 3.8) is 0 Å². The third-order valence-corrected chi connectivity index (χ3v) is 3.86. The Morgan fingerprint density at radius 1 is 1.67 bits per heavy atom. The molecule has 0 spiro atoms. The monoisotopic (exact) mass is 290 g/mol. The first kappa shape index (κ1) is 11.1. The number of halogens is 1. The summed E-state index contributed by atoms with van der Waals surface area (Å²) in [6.07, 6.45) is 0. The van der Waals surface area contributed by atoms with E-state index in [4.69, 9.17) is 10.5 Å². The second-order valence-corrected chi connectivity index (χ2v) is 5.69. The van der Waals surface area contributed by atoms with Gasteiger partial charge in [0.25, 0.3) is 5.91 Å². The minimum absolute atomic E-state index is 0.0222. The number of hydrogen-bond donors (Lipinski definition) is 1. The molecule has 2 N–H and O–H groups in total. The van der Waals surface area contributed by atoms with Crippen LogP contribution in [0.3, 0.4) is 0 Å². The van der Waals surface area contributed by atoms with Crippen molar-refractivity contribution in [3.05, 3.63) is 15.9 Å².